The first-order valence-electron chi connectivity index (χ1n) is 5.85. The summed E-state index contributed by atoms with van der Waals surface area (Å²) in [6, 6.07) is 1.83. The molecule has 0 amide bonds. The Morgan fingerprint density at radius 2 is 2.35 bits per heavy atom. The summed E-state index contributed by atoms with van der Waals surface area (Å²) >= 11 is 0. The highest BCUT2D eigenvalue weighted by atomic mass is 16.4. The smallest absolute Gasteiger partial charge is 0.338 e. The summed E-state index contributed by atoms with van der Waals surface area (Å²) in [5.41, 5.74) is 0.173. The largest absolute Gasteiger partial charge is 0.478 e. The number of aromatic carboxylic acids is 1. The van der Waals surface area contributed by atoms with Gasteiger partial charge in [0.25, 0.3) is 0 Å². The summed E-state index contributed by atoms with van der Waals surface area (Å²) in [6.45, 7) is 0.713. The topological polar surface area (TPSA) is 82.7 Å². The summed E-state index contributed by atoms with van der Waals surface area (Å²) in [5.74, 6) is -0.0519. The summed E-state index contributed by atoms with van der Waals surface area (Å²) in [6.07, 6.45) is 4.48. The van der Waals surface area contributed by atoms with Crippen LogP contribution in [-0.4, -0.2) is 28.8 Å². The minimum atomic E-state index is -0.978. The van der Waals surface area contributed by atoms with E-state index in [0.29, 0.717) is 24.3 Å². The SMILES string of the molecule is O=C(O)c1coc(CNC2CCCC2CO)c1. The van der Waals surface area contributed by atoms with Gasteiger partial charge in [0, 0.05) is 12.6 Å². The van der Waals surface area contributed by atoms with Gasteiger partial charge in [-0.15, -0.1) is 0 Å². The van der Waals surface area contributed by atoms with E-state index in [-0.39, 0.29) is 12.2 Å². The van der Waals surface area contributed by atoms with Crippen molar-refractivity contribution in [3.05, 3.63) is 23.7 Å². The zero-order chi connectivity index (χ0) is 12.3. The second-order valence-corrected chi connectivity index (χ2v) is 4.47. The third-order valence-corrected chi connectivity index (χ3v) is 3.33. The molecular weight excluding hydrogens is 222 g/mol. The highest BCUT2D eigenvalue weighted by molar-refractivity contribution is 5.87. The van der Waals surface area contributed by atoms with E-state index in [1.807, 2.05) is 0 Å². The number of carboxylic acid groups (broad SMARTS) is 1. The number of hydrogen-bond acceptors (Lipinski definition) is 4. The molecule has 5 heteroatoms. The van der Waals surface area contributed by atoms with Crippen LogP contribution in [0, 0.1) is 5.92 Å². The van der Waals surface area contributed by atoms with Gasteiger partial charge in [0.1, 0.15) is 12.0 Å². The van der Waals surface area contributed by atoms with Gasteiger partial charge >= 0.3 is 5.97 Å². The Balaban J connectivity index is 1.86. The summed E-state index contributed by atoms with van der Waals surface area (Å²) in [5, 5.41) is 21.2. The Morgan fingerprint density at radius 1 is 1.53 bits per heavy atom. The van der Waals surface area contributed by atoms with Crippen LogP contribution in [0.25, 0.3) is 0 Å². The Kier molecular flexibility index (Phi) is 3.81. The zero-order valence-corrected chi connectivity index (χ0v) is 9.56. The molecule has 5 nitrogen and oxygen atoms in total. The molecule has 94 valence electrons. The summed E-state index contributed by atoms with van der Waals surface area (Å²) in [7, 11) is 0. The average Bonchev–Trinajstić information content (AvgIpc) is 2.95. The van der Waals surface area contributed by atoms with Gasteiger partial charge in [0.05, 0.1) is 12.1 Å². The van der Waals surface area contributed by atoms with E-state index in [4.69, 9.17) is 14.6 Å². The van der Waals surface area contributed by atoms with Crippen molar-refractivity contribution in [3.8, 4) is 0 Å². The molecule has 1 saturated carbocycles. The monoisotopic (exact) mass is 239 g/mol. The molecule has 17 heavy (non-hydrogen) atoms. The van der Waals surface area contributed by atoms with Crippen molar-refractivity contribution in [3.63, 3.8) is 0 Å². The fourth-order valence-electron chi connectivity index (χ4n) is 2.34. The number of carbonyl (C=O) groups is 1. The van der Waals surface area contributed by atoms with E-state index in [9.17, 15) is 4.79 Å². The first kappa shape index (κ1) is 12.1. The summed E-state index contributed by atoms with van der Waals surface area (Å²) < 4.78 is 5.15. The predicted molar refractivity (Wildman–Crippen MR) is 60.7 cm³/mol. The van der Waals surface area contributed by atoms with Crippen LogP contribution >= 0.6 is 0 Å². The number of nitrogens with one attached hydrogen (secondary N) is 1. The first-order chi connectivity index (χ1) is 8.20. The van der Waals surface area contributed by atoms with Gasteiger partial charge in [-0.25, -0.2) is 4.79 Å². The molecule has 1 aliphatic rings. The normalized spacial score (nSPS) is 24.1. The molecule has 0 aromatic carbocycles. The van der Waals surface area contributed by atoms with Crippen molar-refractivity contribution in [1.82, 2.24) is 5.32 Å². The molecule has 1 aromatic heterocycles. The van der Waals surface area contributed by atoms with E-state index in [1.165, 1.54) is 12.3 Å². The molecule has 0 spiro atoms. The first-order valence-corrected chi connectivity index (χ1v) is 5.85. The van der Waals surface area contributed by atoms with Gasteiger partial charge in [-0.1, -0.05) is 6.42 Å². The van der Waals surface area contributed by atoms with E-state index < -0.39 is 5.97 Å². The molecule has 1 aromatic rings. The second-order valence-electron chi connectivity index (χ2n) is 4.47. The molecule has 3 N–H and O–H groups in total. The van der Waals surface area contributed by atoms with Gasteiger partial charge in [-0.2, -0.15) is 0 Å². The van der Waals surface area contributed by atoms with Gasteiger partial charge < -0.3 is 19.9 Å². The van der Waals surface area contributed by atoms with Gasteiger partial charge in [0.15, 0.2) is 0 Å². The van der Waals surface area contributed by atoms with Gasteiger partial charge in [0.2, 0.25) is 0 Å². The average molecular weight is 239 g/mol. The van der Waals surface area contributed by atoms with Gasteiger partial charge in [-0.05, 0) is 24.8 Å². The molecule has 2 atom stereocenters. The summed E-state index contributed by atoms with van der Waals surface area (Å²) in [4.78, 5) is 10.7. The lowest BCUT2D eigenvalue weighted by Gasteiger charge is -2.18. The fraction of sp³-hybridized carbons (Fsp3) is 0.583. The predicted octanol–water partition coefficient (Wildman–Crippen LogP) is 1.23. The van der Waals surface area contributed by atoms with E-state index in [1.54, 1.807) is 0 Å². The van der Waals surface area contributed by atoms with Crippen molar-refractivity contribution in [1.29, 1.82) is 0 Å². The number of rotatable bonds is 5. The fourth-order valence-corrected chi connectivity index (χ4v) is 2.34. The maximum atomic E-state index is 10.7. The molecule has 2 unspecified atom stereocenters. The molecule has 1 aliphatic carbocycles. The minimum absolute atomic E-state index is 0.173. The van der Waals surface area contributed by atoms with Crippen LogP contribution < -0.4 is 5.32 Å². The number of aliphatic hydroxyl groups excluding tert-OH is 1. The van der Waals surface area contributed by atoms with Crippen molar-refractivity contribution < 1.29 is 19.4 Å². The maximum Gasteiger partial charge on any atom is 0.338 e. The lowest BCUT2D eigenvalue weighted by atomic mass is 10.1. The van der Waals surface area contributed by atoms with Crippen LogP contribution in [0.5, 0.6) is 0 Å². The third kappa shape index (κ3) is 2.87. The van der Waals surface area contributed by atoms with Crippen molar-refractivity contribution in [2.75, 3.05) is 6.61 Å². The lowest BCUT2D eigenvalue weighted by molar-refractivity contribution is 0.0696. The molecule has 0 bridgehead atoms. The Hall–Kier alpha value is -1.33. The number of hydrogen-bond donors (Lipinski definition) is 3. The molecule has 2 rings (SSSR count). The van der Waals surface area contributed by atoms with Crippen LogP contribution in [0.1, 0.15) is 35.4 Å². The third-order valence-electron chi connectivity index (χ3n) is 3.33. The number of aliphatic hydroxyl groups is 1. The van der Waals surface area contributed by atoms with Crippen molar-refractivity contribution >= 4 is 5.97 Å². The number of carboxylic acids is 1. The molecule has 1 heterocycles. The lowest BCUT2D eigenvalue weighted by Crippen LogP contribution is -2.33. The van der Waals surface area contributed by atoms with Crippen LogP contribution in [0.3, 0.4) is 0 Å². The van der Waals surface area contributed by atoms with Crippen LogP contribution in [0.2, 0.25) is 0 Å². The van der Waals surface area contributed by atoms with E-state index >= 15 is 0 Å². The Bertz CT molecular complexity index is 388. The minimum Gasteiger partial charge on any atom is -0.478 e. The molecule has 1 fully saturated rings. The quantitative estimate of drug-likeness (QED) is 0.719. The zero-order valence-electron chi connectivity index (χ0n) is 9.56. The van der Waals surface area contributed by atoms with Crippen molar-refractivity contribution in [2.45, 2.75) is 31.8 Å². The van der Waals surface area contributed by atoms with Gasteiger partial charge in [-0.3, -0.25) is 0 Å². The molecule has 0 radical (unpaired) electrons. The van der Waals surface area contributed by atoms with E-state index in [0.717, 1.165) is 19.3 Å². The standard InChI is InChI=1S/C12H17NO4/c14-6-8-2-1-3-11(8)13-5-10-4-9(7-17-10)12(15)16/h4,7-8,11,13-14H,1-3,5-6H2,(H,15,16). The second kappa shape index (κ2) is 5.33. The molecular formula is C12H17NO4. The van der Waals surface area contributed by atoms with Crippen LogP contribution in [0.15, 0.2) is 16.7 Å². The molecule has 0 saturated heterocycles. The van der Waals surface area contributed by atoms with Crippen LogP contribution in [0.4, 0.5) is 0 Å². The van der Waals surface area contributed by atoms with Crippen molar-refractivity contribution in [2.24, 2.45) is 5.92 Å². The Labute approximate surface area is 99.4 Å². The van der Waals surface area contributed by atoms with Crippen LogP contribution in [-0.2, 0) is 6.54 Å². The highest BCUT2D eigenvalue weighted by Crippen LogP contribution is 2.25. The van der Waals surface area contributed by atoms with E-state index in [2.05, 4.69) is 5.32 Å². The maximum absolute atomic E-state index is 10.7. The Morgan fingerprint density at radius 3 is 3.00 bits per heavy atom. The number of furan rings is 1. The highest BCUT2D eigenvalue weighted by Gasteiger charge is 2.26. The molecule has 0 aliphatic heterocycles.